The minimum absolute atomic E-state index is 0.105. The summed E-state index contributed by atoms with van der Waals surface area (Å²) in [5, 5.41) is 4.71. The fraction of sp³-hybridized carbons (Fsp3) is 0.353. The molecule has 0 saturated heterocycles. The van der Waals surface area contributed by atoms with Crippen molar-refractivity contribution in [2.45, 2.75) is 20.3 Å². The number of rotatable bonds is 7. The van der Waals surface area contributed by atoms with Gasteiger partial charge in [-0.3, -0.25) is 9.10 Å². The van der Waals surface area contributed by atoms with Crippen molar-refractivity contribution in [3.05, 3.63) is 51.7 Å². The number of nitrogens with one attached hydrogen (secondary N) is 1. The predicted molar refractivity (Wildman–Crippen MR) is 99.1 cm³/mol. The van der Waals surface area contributed by atoms with Crippen molar-refractivity contribution in [2.24, 2.45) is 0 Å². The third-order valence-corrected chi connectivity index (χ3v) is 5.64. The highest BCUT2D eigenvalue weighted by Crippen LogP contribution is 2.23. The summed E-state index contributed by atoms with van der Waals surface area (Å²) in [6.07, 6.45) is 1.50. The van der Waals surface area contributed by atoms with Gasteiger partial charge in [-0.15, -0.1) is 11.3 Å². The van der Waals surface area contributed by atoms with Gasteiger partial charge in [-0.25, -0.2) is 8.42 Å². The minimum atomic E-state index is -3.42. The number of aryl methyl sites for hydroxylation is 2. The molecule has 2 rings (SSSR count). The van der Waals surface area contributed by atoms with E-state index >= 15 is 0 Å². The Kier molecular flexibility index (Phi) is 6.01. The lowest BCUT2D eigenvalue weighted by Crippen LogP contribution is -2.38. The third kappa shape index (κ3) is 5.07. The number of sulfonamides is 1. The van der Waals surface area contributed by atoms with Crippen molar-refractivity contribution in [3.8, 4) is 0 Å². The molecular formula is C17H22N2O3S2. The van der Waals surface area contributed by atoms with Crippen LogP contribution in [0, 0.1) is 13.8 Å². The molecule has 7 heteroatoms. The summed E-state index contributed by atoms with van der Waals surface area (Å²) in [4.78, 5) is 12.9. The number of hydrogen-bond acceptors (Lipinski definition) is 4. The lowest BCUT2D eigenvalue weighted by molar-refractivity contribution is -0.120. The van der Waals surface area contributed by atoms with Gasteiger partial charge in [0.2, 0.25) is 15.9 Å². The Morgan fingerprint density at radius 1 is 1.25 bits per heavy atom. The molecule has 0 saturated carbocycles. The van der Waals surface area contributed by atoms with Crippen LogP contribution < -0.4 is 9.62 Å². The number of amides is 1. The molecule has 0 aliphatic rings. The zero-order chi connectivity index (χ0) is 17.7. The first-order valence-electron chi connectivity index (χ1n) is 7.61. The number of benzene rings is 1. The Balaban J connectivity index is 2.02. The van der Waals surface area contributed by atoms with Gasteiger partial charge in [-0.05, 0) is 42.5 Å². The summed E-state index contributed by atoms with van der Waals surface area (Å²) >= 11 is 1.53. The van der Waals surface area contributed by atoms with E-state index in [4.69, 9.17) is 0 Å². The van der Waals surface area contributed by atoms with E-state index in [9.17, 15) is 13.2 Å². The average Bonchev–Trinajstić information content (AvgIpc) is 2.98. The van der Waals surface area contributed by atoms with Crippen LogP contribution in [0.4, 0.5) is 5.69 Å². The van der Waals surface area contributed by atoms with Crippen LogP contribution in [0.25, 0.3) is 0 Å². The predicted octanol–water partition coefficient (Wildman–Crippen LogP) is 2.49. The van der Waals surface area contributed by atoms with Crippen LogP contribution >= 0.6 is 11.3 Å². The molecule has 1 amide bonds. The van der Waals surface area contributed by atoms with Gasteiger partial charge in [-0.2, -0.15) is 0 Å². The maximum absolute atomic E-state index is 12.1. The van der Waals surface area contributed by atoms with E-state index in [0.717, 1.165) is 16.0 Å². The molecule has 0 unspecified atom stereocenters. The van der Waals surface area contributed by atoms with Crippen molar-refractivity contribution >= 4 is 33.0 Å². The monoisotopic (exact) mass is 366 g/mol. The molecule has 0 bridgehead atoms. The van der Waals surface area contributed by atoms with Crippen LogP contribution in [0.5, 0.6) is 0 Å². The summed E-state index contributed by atoms with van der Waals surface area (Å²) < 4.78 is 25.6. The average molecular weight is 367 g/mol. The number of hydrogen-bond donors (Lipinski definition) is 1. The first-order chi connectivity index (χ1) is 11.3. The molecule has 1 aromatic heterocycles. The van der Waals surface area contributed by atoms with Gasteiger partial charge in [-0.1, -0.05) is 18.2 Å². The van der Waals surface area contributed by atoms with E-state index in [1.807, 2.05) is 49.6 Å². The molecule has 2 aromatic rings. The Hall–Kier alpha value is -1.86. The van der Waals surface area contributed by atoms with Crippen molar-refractivity contribution in [2.75, 3.05) is 23.7 Å². The second-order valence-corrected chi connectivity index (χ2v) is 8.67. The zero-order valence-electron chi connectivity index (χ0n) is 14.1. The summed E-state index contributed by atoms with van der Waals surface area (Å²) in [5.74, 6) is -0.105. The highest BCUT2D eigenvalue weighted by Gasteiger charge is 2.19. The summed E-state index contributed by atoms with van der Waals surface area (Å²) in [7, 11) is -3.42. The maximum Gasteiger partial charge on any atom is 0.232 e. The Morgan fingerprint density at radius 2 is 2.00 bits per heavy atom. The Labute approximate surface area is 147 Å². The van der Waals surface area contributed by atoms with E-state index < -0.39 is 10.0 Å². The molecule has 1 N–H and O–H groups in total. The molecule has 0 aliphatic heterocycles. The van der Waals surface area contributed by atoms with Crippen LogP contribution in [0.15, 0.2) is 35.7 Å². The normalized spacial score (nSPS) is 11.3. The van der Waals surface area contributed by atoms with Gasteiger partial charge in [0.15, 0.2) is 0 Å². The third-order valence-electron chi connectivity index (χ3n) is 3.59. The second kappa shape index (κ2) is 7.81. The molecule has 0 spiro atoms. The minimum Gasteiger partial charge on any atom is -0.354 e. The molecule has 0 radical (unpaired) electrons. The molecular weight excluding hydrogens is 344 g/mol. The van der Waals surface area contributed by atoms with E-state index in [2.05, 4.69) is 5.32 Å². The molecule has 1 heterocycles. The topological polar surface area (TPSA) is 66.5 Å². The van der Waals surface area contributed by atoms with E-state index in [0.29, 0.717) is 12.1 Å². The van der Waals surface area contributed by atoms with Gasteiger partial charge in [0, 0.05) is 11.4 Å². The number of nitrogens with zero attached hydrogens (tertiary/aromatic N) is 1. The fourth-order valence-corrected chi connectivity index (χ4v) is 4.06. The highest BCUT2D eigenvalue weighted by molar-refractivity contribution is 7.92. The first-order valence-corrected chi connectivity index (χ1v) is 10.3. The van der Waals surface area contributed by atoms with Crippen molar-refractivity contribution in [3.63, 3.8) is 0 Å². The fourth-order valence-electron chi connectivity index (χ4n) is 2.38. The summed E-state index contributed by atoms with van der Waals surface area (Å²) in [5.41, 5.74) is 2.53. The Morgan fingerprint density at radius 3 is 2.62 bits per heavy atom. The molecule has 1 aromatic carbocycles. The van der Waals surface area contributed by atoms with Crippen LogP contribution in [0.1, 0.15) is 16.0 Å². The van der Waals surface area contributed by atoms with Gasteiger partial charge in [0.1, 0.15) is 0 Å². The van der Waals surface area contributed by atoms with Crippen molar-refractivity contribution in [1.29, 1.82) is 0 Å². The SMILES string of the molecule is Cc1ccc(C)c(N(CCNC(=O)Cc2cccs2)S(C)(=O)=O)c1. The number of carbonyl (C=O) groups excluding carboxylic acids is 1. The van der Waals surface area contributed by atoms with Crippen LogP contribution in [-0.2, 0) is 21.2 Å². The number of anilines is 1. The molecule has 130 valence electrons. The van der Waals surface area contributed by atoms with Gasteiger partial charge < -0.3 is 5.32 Å². The van der Waals surface area contributed by atoms with Gasteiger partial charge in [0.25, 0.3) is 0 Å². The van der Waals surface area contributed by atoms with Gasteiger partial charge >= 0.3 is 0 Å². The lowest BCUT2D eigenvalue weighted by Gasteiger charge is -2.24. The quantitative estimate of drug-likeness (QED) is 0.819. The molecule has 5 nitrogen and oxygen atoms in total. The van der Waals surface area contributed by atoms with E-state index in [-0.39, 0.29) is 19.0 Å². The lowest BCUT2D eigenvalue weighted by atomic mass is 10.1. The molecule has 0 aliphatic carbocycles. The van der Waals surface area contributed by atoms with Crippen molar-refractivity contribution in [1.82, 2.24) is 5.32 Å². The second-order valence-electron chi connectivity index (χ2n) is 5.73. The van der Waals surface area contributed by atoms with Crippen molar-refractivity contribution < 1.29 is 13.2 Å². The maximum atomic E-state index is 12.1. The van der Waals surface area contributed by atoms with E-state index in [1.165, 1.54) is 21.9 Å². The highest BCUT2D eigenvalue weighted by atomic mass is 32.2. The summed E-state index contributed by atoms with van der Waals surface area (Å²) in [6.45, 7) is 4.28. The summed E-state index contributed by atoms with van der Waals surface area (Å²) in [6, 6.07) is 9.51. The first kappa shape index (κ1) is 18.5. The zero-order valence-corrected chi connectivity index (χ0v) is 15.7. The molecule has 0 fully saturated rings. The molecule has 0 atom stereocenters. The van der Waals surface area contributed by atoms with Gasteiger partial charge in [0.05, 0.1) is 24.9 Å². The van der Waals surface area contributed by atoms with Crippen LogP contribution in [-0.4, -0.2) is 33.7 Å². The van der Waals surface area contributed by atoms with Crippen LogP contribution in [0.3, 0.4) is 0 Å². The Bertz CT molecular complexity index is 799. The smallest absolute Gasteiger partial charge is 0.232 e. The largest absolute Gasteiger partial charge is 0.354 e. The standard InChI is InChI=1S/C17H22N2O3S2/c1-13-6-7-14(2)16(11-13)19(24(3,21)22)9-8-18-17(20)12-15-5-4-10-23-15/h4-7,10-11H,8-9,12H2,1-3H3,(H,18,20). The van der Waals surface area contributed by atoms with Crippen LogP contribution in [0.2, 0.25) is 0 Å². The van der Waals surface area contributed by atoms with E-state index in [1.54, 1.807) is 0 Å². The molecule has 24 heavy (non-hydrogen) atoms. The number of carbonyl (C=O) groups is 1. The number of thiophene rings is 1.